The van der Waals surface area contributed by atoms with E-state index in [1.165, 1.54) is 12.0 Å². The van der Waals surface area contributed by atoms with Crippen molar-refractivity contribution in [1.82, 2.24) is 20.2 Å². The highest BCUT2D eigenvalue weighted by molar-refractivity contribution is 5.77. The molecule has 1 aromatic carbocycles. The van der Waals surface area contributed by atoms with Crippen LogP contribution in [0.25, 0.3) is 11.4 Å². The summed E-state index contributed by atoms with van der Waals surface area (Å²) in [5, 5.41) is 3.01. The first-order valence-corrected chi connectivity index (χ1v) is 9.44. The second-order valence-corrected chi connectivity index (χ2v) is 7.80. The number of aromatic nitrogens is 2. The van der Waals surface area contributed by atoms with Crippen molar-refractivity contribution in [3.05, 3.63) is 47.8 Å². The molecule has 2 fully saturated rings. The number of rotatable bonds is 4. The average Bonchev–Trinajstić information content (AvgIpc) is 3.06. The van der Waals surface area contributed by atoms with E-state index in [9.17, 15) is 4.79 Å². The number of carbonyl (C=O) groups is 1. The van der Waals surface area contributed by atoms with Crippen LogP contribution in [-0.2, 0) is 11.3 Å². The topological polar surface area (TPSA) is 58.1 Å². The zero-order valence-corrected chi connectivity index (χ0v) is 15.5. The summed E-state index contributed by atoms with van der Waals surface area (Å²) in [5.74, 6) is 2.19. The van der Waals surface area contributed by atoms with Crippen LogP contribution in [0.2, 0.25) is 0 Å². The molecule has 5 heteroatoms. The minimum atomic E-state index is 0.217. The van der Waals surface area contributed by atoms with Gasteiger partial charge in [-0.1, -0.05) is 24.3 Å². The highest BCUT2D eigenvalue weighted by Gasteiger charge is 2.39. The molecule has 2 aromatic rings. The first-order chi connectivity index (χ1) is 12.6. The smallest absolute Gasteiger partial charge is 0.220 e. The van der Waals surface area contributed by atoms with E-state index in [0.717, 1.165) is 36.5 Å². The normalized spacial score (nSPS) is 25.2. The lowest BCUT2D eigenvalue weighted by molar-refractivity contribution is -0.124. The lowest BCUT2D eigenvalue weighted by atomic mass is 9.89. The van der Waals surface area contributed by atoms with Crippen LogP contribution in [0.3, 0.4) is 0 Å². The van der Waals surface area contributed by atoms with E-state index < -0.39 is 0 Å². The predicted octanol–water partition coefficient (Wildman–Crippen LogP) is 2.80. The van der Waals surface area contributed by atoms with Crippen molar-refractivity contribution in [2.75, 3.05) is 13.6 Å². The Kier molecular flexibility index (Phi) is 4.72. The Labute approximate surface area is 154 Å². The number of benzene rings is 1. The predicted molar refractivity (Wildman–Crippen MR) is 101 cm³/mol. The van der Waals surface area contributed by atoms with Crippen LogP contribution < -0.4 is 5.32 Å². The lowest BCUT2D eigenvalue weighted by Crippen LogP contribution is -2.38. The highest BCUT2D eigenvalue weighted by Crippen LogP contribution is 2.38. The molecule has 1 amide bonds. The van der Waals surface area contributed by atoms with Gasteiger partial charge in [-0.15, -0.1) is 0 Å². The lowest BCUT2D eigenvalue weighted by Gasteiger charge is -2.24. The zero-order chi connectivity index (χ0) is 18.1. The van der Waals surface area contributed by atoms with E-state index in [-0.39, 0.29) is 5.91 Å². The number of carbonyl (C=O) groups excluding carboxylic acids is 1. The van der Waals surface area contributed by atoms with E-state index in [0.29, 0.717) is 24.3 Å². The minimum Gasteiger partial charge on any atom is -0.356 e. The third kappa shape index (κ3) is 3.49. The Bertz CT molecular complexity index is 789. The molecule has 26 heavy (non-hydrogen) atoms. The molecular weight excluding hydrogens is 324 g/mol. The Balaban J connectivity index is 1.40. The molecule has 4 rings (SSSR count). The van der Waals surface area contributed by atoms with Crippen molar-refractivity contribution in [1.29, 1.82) is 0 Å². The molecular formula is C21H26N4O. The molecule has 0 unspecified atom stereocenters. The van der Waals surface area contributed by atoms with Gasteiger partial charge in [-0.05, 0) is 44.2 Å². The quantitative estimate of drug-likeness (QED) is 0.921. The summed E-state index contributed by atoms with van der Waals surface area (Å²) < 4.78 is 0. The van der Waals surface area contributed by atoms with Gasteiger partial charge in [0.1, 0.15) is 0 Å². The molecule has 136 valence electrons. The Morgan fingerprint density at radius 2 is 1.88 bits per heavy atom. The van der Waals surface area contributed by atoms with Gasteiger partial charge in [-0.3, -0.25) is 9.69 Å². The molecule has 1 N–H and O–H groups in total. The molecule has 1 saturated heterocycles. The monoisotopic (exact) mass is 350 g/mol. The fourth-order valence-electron chi connectivity index (χ4n) is 4.41. The van der Waals surface area contributed by atoms with Crippen LogP contribution in [0.1, 0.15) is 30.4 Å². The second-order valence-electron chi connectivity index (χ2n) is 7.80. The van der Waals surface area contributed by atoms with Crippen LogP contribution >= 0.6 is 0 Å². The molecule has 1 aliphatic carbocycles. The maximum Gasteiger partial charge on any atom is 0.220 e. The minimum absolute atomic E-state index is 0.217. The van der Waals surface area contributed by atoms with Crippen molar-refractivity contribution < 1.29 is 4.79 Å². The summed E-state index contributed by atoms with van der Waals surface area (Å²) in [4.78, 5) is 23.2. The Hall–Kier alpha value is -2.27. The fraction of sp³-hybridized carbons (Fsp3) is 0.476. The van der Waals surface area contributed by atoms with Crippen LogP contribution in [0.4, 0.5) is 0 Å². The van der Waals surface area contributed by atoms with E-state index in [2.05, 4.69) is 46.3 Å². The first-order valence-electron chi connectivity index (χ1n) is 9.44. The van der Waals surface area contributed by atoms with E-state index in [4.69, 9.17) is 0 Å². The number of piperidine rings is 1. The first kappa shape index (κ1) is 17.2. The van der Waals surface area contributed by atoms with Gasteiger partial charge >= 0.3 is 0 Å². The number of amides is 1. The Morgan fingerprint density at radius 1 is 1.15 bits per heavy atom. The molecule has 0 radical (unpaired) electrons. The Morgan fingerprint density at radius 3 is 2.65 bits per heavy atom. The molecule has 1 saturated carbocycles. The van der Waals surface area contributed by atoms with Gasteiger partial charge in [0.05, 0.1) is 0 Å². The van der Waals surface area contributed by atoms with Crippen LogP contribution in [0.15, 0.2) is 36.7 Å². The zero-order valence-electron chi connectivity index (χ0n) is 15.5. The van der Waals surface area contributed by atoms with Gasteiger partial charge in [-0.2, -0.15) is 0 Å². The number of nitrogens with one attached hydrogen (secondary N) is 1. The van der Waals surface area contributed by atoms with Crippen LogP contribution in [0, 0.1) is 18.8 Å². The summed E-state index contributed by atoms with van der Waals surface area (Å²) >= 11 is 0. The maximum atomic E-state index is 11.6. The van der Waals surface area contributed by atoms with Gasteiger partial charge in [0.25, 0.3) is 0 Å². The summed E-state index contributed by atoms with van der Waals surface area (Å²) in [6.07, 6.45) is 6.88. The van der Waals surface area contributed by atoms with Crippen molar-refractivity contribution >= 4 is 5.91 Å². The molecule has 3 atom stereocenters. The van der Waals surface area contributed by atoms with Crippen molar-refractivity contribution in [3.8, 4) is 11.4 Å². The van der Waals surface area contributed by atoms with Gasteiger partial charge < -0.3 is 5.32 Å². The van der Waals surface area contributed by atoms with Gasteiger partial charge in [0, 0.05) is 49.1 Å². The molecule has 2 aliphatic rings. The van der Waals surface area contributed by atoms with E-state index in [1.807, 2.05) is 24.5 Å². The number of hydrogen-bond donors (Lipinski definition) is 1. The van der Waals surface area contributed by atoms with Crippen LogP contribution in [-0.4, -0.2) is 40.4 Å². The van der Waals surface area contributed by atoms with E-state index >= 15 is 0 Å². The SMILES string of the molecule is Cc1ccccc1-c1ncc(CN(C)[C@H]2C[C@H]3CC(=O)NC[C@H]3C2)cn1. The van der Waals surface area contributed by atoms with Crippen molar-refractivity contribution in [3.63, 3.8) is 0 Å². The average molecular weight is 350 g/mol. The molecule has 0 spiro atoms. The molecule has 5 nitrogen and oxygen atoms in total. The molecule has 0 bridgehead atoms. The van der Waals surface area contributed by atoms with Gasteiger partial charge in [0.15, 0.2) is 5.82 Å². The molecule has 2 heterocycles. The number of fused-ring (bicyclic) bond motifs is 1. The second kappa shape index (κ2) is 7.16. The summed E-state index contributed by atoms with van der Waals surface area (Å²) in [7, 11) is 2.17. The van der Waals surface area contributed by atoms with Gasteiger partial charge in [-0.25, -0.2) is 9.97 Å². The summed E-state index contributed by atoms with van der Waals surface area (Å²) in [5.41, 5.74) is 3.41. The summed E-state index contributed by atoms with van der Waals surface area (Å²) in [6.45, 7) is 3.78. The van der Waals surface area contributed by atoms with Crippen LogP contribution in [0.5, 0.6) is 0 Å². The van der Waals surface area contributed by atoms with Gasteiger partial charge in [0.2, 0.25) is 5.91 Å². The summed E-state index contributed by atoms with van der Waals surface area (Å²) in [6, 6.07) is 8.73. The largest absolute Gasteiger partial charge is 0.356 e. The number of aryl methyl sites for hydroxylation is 1. The molecule has 1 aromatic heterocycles. The highest BCUT2D eigenvalue weighted by atomic mass is 16.1. The van der Waals surface area contributed by atoms with Crippen molar-refractivity contribution in [2.45, 2.75) is 38.8 Å². The third-order valence-corrected chi connectivity index (χ3v) is 5.97. The fourth-order valence-corrected chi connectivity index (χ4v) is 4.41. The van der Waals surface area contributed by atoms with Crippen molar-refractivity contribution in [2.24, 2.45) is 11.8 Å². The maximum absolute atomic E-state index is 11.6. The molecule has 1 aliphatic heterocycles. The number of hydrogen-bond acceptors (Lipinski definition) is 4. The van der Waals surface area contributed by atoms with E-state index in [1.54, 1.807) is 0 Å². The standard InChI is InChI=1S/C21H26N4O/c1-14-5-3-4-6-19(14)21-23-10-15(11-24-21)13-25(2)18-7-16-9-20(26)22-12-17(16)8-18/h3-6,10-11,16-18H,7-9,12-13H2,1-2H3,(H,22,26)/t16-,17+,18-/m0/s1. The third-order valence-electron chi connectivity index (χ3n) is 5.97. The number of nitrogens with zero attached hydrogens (tertiary/aromatic N) is 3.